The highest BCUT2D eigenvalue weighted by Gasteiger charge is 2.21. The first-order chi connectivity index (χ1) is 8.48. The molecular weight excluding hydrogens is 218 g/mol. The zero-order chi connectivity index (χ0) is 13.2. The summed E-state index contributed by atoms with van der Waals surface area (Å²) in [5, 5.41) is 0. The fraction of sp³-hybridized carbons (Fsp3) is 0.294. The molecule has 0 saturated heterocycles. The lowest BCUT2D eigenvalue weighted by atomic mass is 9.83. The fourth-order valence-corrected chi connectivity index (χ4v) is 2.01. The molecule has 0 fully saturated rings. The number of hydrogen-bond donors (Lipinski definition) is 1. The van der Waals surface area contributed by atoms with Crippen molar-refractivity contribution in [2.24, 2.45) is 11.1 Å². The van der Waals surface area contributed by atoms with Crippen molar-refractivity contribution in [3.05, 3.63) is 60.2 Å². The van der Waals surface area contributed by atoms with E-state index < -0.39 is 0 Å². The molecule has 0 saturated carbocycles. The highest BCUT2D eigenvalue weighted by Crippen LogP contribution is 2.31. The van der Waals surface area contributed by atoms with Crippen LogP contribution in [0.2, 0.25) is 0 Å². The van der Waals surface area contributed by atoms with Crippen LogP contribution in [0.25, 0.3) is 11.1 Å². The Bertz CT molecular complexity index is 491. The van der Waals surface area contributed by atoms with Crippen LogP contribution in [-0.2, 0) is 0 Å². The monoisotopic (exact) mass is 239 g/mol. The Morgan fingerprint density at radius 3 is 1.78 bits per heavy atom. The van der Waals surface area contributed by atoms with E-state index in [1.807, 2.05) is 6.07 Å². The van der Waals surface area contributed by atoms with Gasteiger partial charge in [-0.2, -0.15) is 0 Å². The van der Waals surface area contributed by atoms with Crippen LogP contribution in [0.3, 0.4) is 0 Å². The summed E-state index contributed by atoms with van der Waals surface area (Å²) in [5.41, 5.74) is 10.0. The van der Waals surface area contributed by atoms with Crippen molar-refractivity contribution < 1.29 is 0 Å². The van der Waals surface area contributed by atoms with Crippen LogP contribution in [0.5, 0.6) is 0 Å². The maximum Gasteiger partial charge on any atom is 0.0344 e. The molecular formula is C17H21N. The molecule has 18 heavy (non-hydrogen) atoms. The van der Waals surface area contributed by atoms with Crippen molar-refractivity contribution in [3.8, 4) is 11.1 Å². The zero-order valence-electron chi connectivity index (χ0n) is 11.4. The largest absolute Gasteiger partial charge is 0.324 e. The van der Waals surface area contributed by atoms with Crippen molar-refractivity contribution in [1.29, 1.82) is 0 Å². The highest BCUT2D eigenvalue weighted by atomic mass is 14.7. The first kappa shape index (κ1) is 12.8. The van der Waals surface area contributed by atoms with Gasteiger partial charge in [0.1, 0.15) is 0 Å². The second-order valence-corrected chi connectivity index (χ2v) is 5.83. The Balaban J connectivity index is 2.26. The third kappa shape index (κ3) is 2.80. The number of nitrogens with two attached hydrogens (primary N) is 1. The van der Waals surface area contributed by atoms with Gasteiger partial charge in [-0.25, -0.2) is 0 Å². The van der Waals surface area contributed by atoms with Gasteiger partial charge >= 0.3 is 0 Å². The van der Waals surface area contributed by atoms with Crippen LogP contribution in [0.15, 0.2) is 54.6 Å². The Labute approximate surface area is 110 Å². The van der Waals surface area contributed by atoms with E-state index in [1.165, 1.54) is 16.7 Å². The lowest BCUT2D eigenvalue weighted by Gasteiger charge is -2.27. The first-order valence-electron chi connectivity index (χ1n) is 6.39. The average Bonchev–Trinajstić information content (AvgIpc) is 2.38. The van der Waals surface area contributed by atoms with Crippen LogP contribution < -0.4 is 5.73 Å². The van der Waals surface area contributed by atoms with Gasteiger partial charge in [0, 0.05) is 6.04 Å². The van der Waals surface area contributed by atoms with Gasteiger partial charge in [0.05, 0.1) is 0 Å². The van der Waals surface area contributed by atoms with E-state index in [9.17, 15) is 0 Å². The summed E-state index contributed by atoms with van der Waals surface area (Å²) in [6.45, 7) is 6.51. The van der Waals surface area contributed by atoms with E-state index in [0.717, 1.165) is 0 Å². The third-order valence-corrected chi connectivity index (χ3v) is 3.31. The molecule has 0 bridgehead atoms. The quantitative estimate of drug-likeness (QED) is 0.826. The smallest absolute Gasteiger partial charge is 0.0344 e. The molecule has 1 heteroatoms. The molecule has 1 atom stereocenters. The molecule has 0 unspecified atom stereocenters. The minimum atomic E-state index is 0.0716. The van der Waals surface area contributed by atoms with Gasteiger partial charge in [-0.3, -0.25) is 0 Å². The van der Waals surface area contributed by atoms with Crippen molar-refractivity contribution in [1.82, 2.24) is 0 Å². The molecule has 0 spiro atoms. The SMILES string of the molecule is CC(C)(C)[C@@H](N)c1ccc(-c2ccccc2)cc1. The molecule has 1 nitrogen and oxygen atoms in total. The summed E-state index contributed by atoms with van der Waals surface area (Å²) in [7, 11) is 0. The minimum Gasteiger partial charge on any atom is -0.324 e. The summed E-state index contributed by atoms with van der Waals surface area (Å²) >= 11 is 0. The fourth-order valence-electron chi connectivity index (χ4n) is 2.01. The van der Waals surface area contributed by atoms with E-state index in [-0.39, 0.29) is 11.5 Å². The molecule has 2 aromatic carbocycles. The molecule has 94 valence electrons. The van der Waals surface area contributed by atoms with Crippen LogP contribution >= 0.6 is 0 Å². The molecule has 0 aliphatic rings. The zero-order valence-corrected chi connectivity index (χ0v) is 11.4. The average molecular weight is 239 g/mol. The topological polar surface area (TPSA) is 26.0 Å². The Kier molecular flexibility index (Phi) is 3.53. The number of rotatable bonds is 2. The van der Waals surface area contributed by atoms with E-state index in [2.05, 4.69) is 69.3 Å². The van der Waals surface area contributed by atoms with E-state index in [1.54, 1.807) is 0 Å². The van der Waals surface area contributed by atoms with Gasteiger partial charge in [0.15, 0.2) is 0 Å². The summed E-state index contributed by atoms with van der Waals surface area (Å²) in [5.74, 6) is 0. The van der Waals surface area contributed by atoms with Crippen molar-refractivity contribution in [2.75, 3.05) is 0 Å². The molecule has 0 heterocycles. The predicted octanol–water partition coefficient (Wildman–Crippen LogP) is 4.40. The number of hydrogen-bond acceptors (Lipinski definition) is 1. The maximum absolute atomic E-state index is 6.26. The van der Waals surface area contributed by atoms with Gasteiger partial charge < -0.3 is 5.73 Å². The van der Waals surface area contributed by atoms with Crippen molar-refractivity contribution in [3.63, 3.8) is 0 Å². The van der Waals surface area contributed by atoms with Gasteiger partial charge in [-0.1, -0.05) is 75.4 Å². The summed E-state index contributed by atoms with van der Waals surface area (Å²) in [6.07, 6.45) is 0. The molecule has 2 N–H and O–H groups in total. The van der Waals surface area contributed by atoms with Crippen LogP contribution in [0.4, 0.5) is 0 Å². The van der Waals surface area contributed by atoms with Crippen molar-refractivity contribution >= 4 is 0 Å². The highest BCUT2D eigenvalue weighted by molar-refractivity contribution is 5.63. The third-order valence-electron chi connectivity index (χ3n) is 3.31. The van der Waals surface area contributed by atoms with E-state index in [4.69, 9.17) is 5.73 Å². The summed E-state index contributed by atoms with van der Waals surface area (Å²) in [6, 6.07) is 19.0. The van der Waals surface area contributed by atoms with Gasteiger partial charge in [0.2, 0.25) is 0 Å². The van der Waals surface area contributed by atoms with Gasteiger partial charge in [0.25, 0.3) is 0 Å². The lowest BCUT2D eigenvalue weighted by Crippen LogP contribution is -2.26. The van der Waals surface area contributed by atoms with E-state index >= 15 is 0 Å². The second-order valence-electron chi connectivity index (χ2n) is 5.83. The minimum absolute atomic E-state index is 0.0716. The molecule has 2 aromatic rings. The van der Waals surface area contributed by atoms with E-state index in [0.29, 0.717) is 0 Å². The Morgan fingerprint density at radius 1 is 0.778 bits per heavy atom. The predicted molar refractivity (Wildman–Crippen MR) is 78.3 cm³/mol. The lowest BCUT2D eigenvalue weighted by molar-refractivity contribution is 0.327. The maximum atomic E-state index is 6.26. The second kappa shape index (κ2) is 4.95. The normalized spacial score (nSPS) is 13.3. The van der Waals surface area contributed by atoms with Crippen LogP contribution in [-0.4, -0.2) is 0 Å². The van der Waals surface area contributed by atoms with Crippen molar-refractivity contribution in [2.45, 2.75) is 26.8 Å². The Morgan fingerprint density at radius 2 is 1.28 bits per heavy atom. The molecule has 0 aliphatic carbocycles. The summed E-state index contributed by atoms with van der Waals surface area (Å²) in [4.78, 5) is 0. The molecule has 0 radical (unpaired) electrons. The standard InChI is InChI=1S/C17H21N/c1-17(2,3)16(18)15-11-9-14(10-12-15)13-7-5-4-6-8-13/h4-12,16H,18H2,1-3H3/t16-/m0/s1. The number of benzene rings is 2. The summed E-state index contributed by atoms with van der Waals surface area (Å²) < 4.78 is 0. The van der Waals surface area contributed by atoms with Crippen LogP contribution in [0.1, 0.15) is 32.4 Å². The molecule has 0 amide bonds. The van der Waals surface area contributed by atoms with Gasteiger partial charge in [-0.05, 0) is 22.1 Å². The van der Waals surface area contributed by atoms with Crippen LogP contribution in [0, 0.1) is 5.41 Å². The Hall–Kier alpha value is -1.60. The molecule has 0 aromatic heterocycles. The molecule has 2 rings (SSSR count). The molecule has 0 aliphatic heterocycles. The van der Waals surface area contributed by atoms with Gasteiger partial charge in [-0.15, -0.1) is 0 Å². The first-order valence-corrected chi connectivity index (χ1v) is 6.39.